The summed E-state index contributed by atoms with van der Waals surface area (Å²) in [7, 11) is 0. The fourth-order valence-corrected chi connectivity index (χ4v) is 2.23. The van der Waals surface area contributed by atoms with Gasteiger partial charge in [0.1, 0.15) is 17.5 Å². The number of nitrogens with zero attached hydrogens (tertiary/aromatic N) is 3. The van der Waals surface area contributed by atoms with E-state index in [0.29, 0.717) is 17.5 Å². The number of hydrogen-bond acceptors (Lipinski definition) is 4. The monoisotopic (exact) mass is 283 g/mol. The predicted molar refractivity (Wildman–Crippen MR) is 79.3 cm³/mol. The van der Waals surface area contributed by atoms with Crippen LogP contribution in [0.5, 0.6) is 0 Å². The molecule has 0 atom stereocenters. The Kier molecular flexibility index (Phi) is 2.73. The maximum atomic E-state index is 13.2. The zero-order valence-corrected chi connectivity index (χ0v) is 11.3. The molecule has 2 heterocycles. The lowest BCUT2D eigenvalue weighted by atomic mass is 10.3. The van der Waals surface area contributed by atoms with E-state index in [1.54, 1.807) is 22.8 Å². The van der Waals surface area contributed by atoms with Crippen LogP contribution in [-0.2, 0) is 0 Å². The van der Waals surface area contributed by atoms with Crippen molar-refractivity contribution in [3.8, 4) is 0 Å². The minimum atomic E-state index is -0.276. The molecule has 1 fully saturated rings. The minimum Gasteiger partial charge on any atom is -0.367 e. The summed E-state index contributed by atoms with van der Waals surface area (Å²) >= 11 is 0. The number of aromatic nitrogens is 3. The van der Waals surface area contributed by atoms with Gasteiger partial charge in [-0.3, -0.25) is 0 Å². The average Bonchev–Trinajstić information content (AvgIpc) is 3.13. The lowest BCUT2D eigenvalue weighted by Crippen LogP contribution is -2.08. The van der Waals surface area contributed by atoms with Crippen molar-refractivity contribution in [2.24, 2.45) is 0 Å². The Morgan fingerprint density at radius 3 is 2.90 bits per heavy atom. The van der Waals surface area contributed by atoms with E-state index < -0.39 is 0 Å². The molecule has 0 bridgehead atoms. The Morgan fingerprint density at radius 1 is 1.19 bits per heavy atom. The molecule has 1 saturated carbocycles. The van der Waals surface area contributed by atoms with Gasteiger partial charge in [-0.1, -0.05) is 6.07 Å². The van der Waals surface area contributed by atoms with Gasteiger partial charge in [0.05, 0.1) is 6.20 Å². The van der Waals surface area contributed by atoms with Gasteiger partial charge in [0, 0.05) is 23.9 Å². The van der Waals surface area contributed by atoms with Crippen molar-refractivity contribution in [3.05, 3.63) is 48.4 Å². The van der Waals surface area contributed by atoms with Crippen LogP contribution in [0, 0.1) is 5.82 Å². The van der Waals surface area contributed by atoms with E-state index in [0.717, 1.165) is 11.5 Å². The van der Waals surface area contributed by atoms with Crippen molar-refractivity contribution in [1.82, 2.24) is 14.6 Å². The Hall–Kier alpha value is -2.63. The molecule has 0 unspecified atom stereocenters. The smallest absolute Gasteiger partial charge is 0.159 e. The van der Waals surface area contributed by atoms with Gasteiger partial charge in [-0.15, -0.1) is 0 Å². The van der Waals surface area contributed by atoms with E-state index >= 15 is 0 Å². The van der Waals surface area contributed by atoms with Crippen LogP contribution in [0.4, 0.5) is 21.7 Å². The summed E-state index contributed by atoms with van der Waals surface area (Å²) in [5.74, 6) is 1.28. The molecule has 3 aromatic rings. The predicted octanol–water partition coefficient (Wildman–Crippen LogP) is 3.19. The first kappa shape index (κ1) is 12.1. The molecular formula is C15H14FN5. The highest BCUT2D eigenvalue weighted by molar-refractivity contribution is 5.63. The molecule has 1 aliphatic carbocycles. The fourth-order valence-electron chi connectivity index (χ4n) is 2.23. The highest BCUT2D eigenvalue weighted by atomic mass is 19.1. The van der Waals surface area contributed by atoms with Crippen LogP contribution in [0.15, 0.2) is 42.6 Å². The minimum absolute atomic E-state index is 0.276. The van der Waals surface area contributed by atoms with Crippen molar-refractivity contribution in [3.63, 3.8) is 0 Å². The number of benzene rings is 1. The van der Waals surface area contributed by atoms with Gasteiger partial charge in [0.2, 0.25) is 0 Å². The van der Waals surface area contributed by atoms with Crippen molar-refractivity contribution < 1.29 is 4.39 Å². The number of halogens is 1. The molecule has 0 radical (unpaired) electrons. The number of anilines is 3. The molecular weight excluding hydrogens is 269 g/mol. The second-order valence-corrected chi connectivity index (χ2v) is 5.18. The van der Waals surface area contributed by atoms with Gasteiger partial charge < -0.3 is 10.6 Å². The standard InChI is InChI=1S/C15H14FN5/c16-10-2-1-3-12(8-10)18-13-9-15(19-11-4-5-11)21-14(20-13)6-7-17-21/h1-3,6-9,11,19H,4-5H2,(H,18,20). The van der Waals surface area contributed by atoms with Gasteiger partial charge >= 0.3 is 0 Å². The Bertz CT molecular complexity index is 794. The van der Waals surface area contributed by atoms with Crippen LogP contribution in [0.1, 0.15) is 12.8 Å². The van der Waals surface area contributed by atoms with Gasteiger partial charge in [-0.2, -0.15) is 9.61 Å². The van der Waals surface area contributed by atoms with Crippen molar-refractivity contribution in [1.29, 1.82) is 0 Å². The quantitative estimate of drug-likeness (QED) is 0.772. The molecule has 0 saturated heterocycles. The first-order valence-corrected chi connectivity index (χ1v) is 6.92. The maximum absolute atomic E-state index is 13.2. The lowest BCUT2D eigenvalue weighted by Gasteiger charge is -2.11. The molecule has 0 aliphatic heterocycles. The molecule has 21 heavy (non-hydrogen) atoms. The number of hydrogen-bond donors (Lipinski definition) is 2. The van der Waals surface area contributed by atoms with Crippen molar-refractivity contribution >= 4 is 23.0 Å². The number of rotatable bonds is 4. The summed E-state index contributed by atoms with van der Waals surface area (Å²) in [4.78, 5) is 4.48. The molecule has 4 rings (SSSR count). The van der Waals surface area contributed by atoms with E-state index in [1.807, 2.05) is 12.1 Å². The molecule has 0 amide bonds. The summed E-state index contributed by atoms with van der Waals surface area (Å²) in [5, 5.41) is 10.8. The van der Waals surface area contributed by atoms with E-state index in [4.69, 9.17) is 0 Å². The molecule has 2 aromatic heterocycles. The van der Waals surface area contributed by atoms with Crippen LogP contribution in [0.3, 0.4) is 0 Å². The zero-order valence-electron chi connectivity index (χ0n) is 11.3. The van der Waals surface area contributed by atoms with Crippen molar-refractivity contribution in [2.75, 3.05) is 10.6 Å². The van der Waals surface area contributed by atoms with Gasteiger partial charge in [0.25, 0.3) is 0 Å². The van der Waals surface area contributed by atoms with Crippen molar-refractivity contribution in [2.45, 2.75) is 18.9 Å². The van der Waals surface area contributed by atoms with Gasteiger partial charge in [-0.25, -0.2) is 9.37 Å². The van der Waals surface area contributed by atoms with Crippen LogP contribution < -0.4 is 10.6 Å². The van der Waals surface area contributed by atoms with E-state index in [9.17, 15) is 4.39 Å². The summed E-state index contributed by atoms with van der Waals surface area (Å²) in [6.45, 7) is 0. The summed E-state index contributed by atoms with van der Waals surface area (Å²) in [6, 6.07) is 10.6. The largest absolute Gasteiger partial charge is 0.367 e. The molecule has 5 nitrogen and oxygen atoms in total. The van der Waals surface area contributed by atoms with Crippen LogP contribution in [0.2, 0.25) is 0 Å². The first-order chi connectivity index (χ1) is 10.3. The first-order valence-electron chi connectivity index (χ1n) is 6.92. The highest BCUT2D eigenvalue weighted by Gasteiger charge is 2.22. The van der Waals surface area contributed by atoms with Gasteiger partial charge in [-0.05, 0) is 31.0 Å². The molecule has 106 valence electrons. The van der Waals surface area contributed by atoms with Crippen LogP contribution in [-0.4, -0.2) is 20.6 Å². The van der Waals surface area contributed by atoms with Crippen LogP contribution in [0.25, 0.3) is 5.65 Å². The number of nitrogens with one attached hydrogen (secondary N) is 2. The Balaban J connectivity index is 1.70. The SMILES string of the molecule is Fc1cccc(Nc2cc(NC3CC3)n3nccc3n2)c1. The average molecular weight is 283 g/mol. The van der Waals surface area contributed by atoms with E-state index in [-0.39, 0.29) is 5.82 Å². The Morgan fingerprint density at radius 2 is 2.10 bits per heavy atom. The van der Waals surface area contributed by atoms with Gasteiger partial charge in [0.15, 0.2) is 5.65 Å². The van der Waals surface area contributed by atoms with E-state index in [2.05, 4.69) is 20.7 Å². The number of fused-ring (bicyclic) bond motifs is 1. The maximum Gasteiger partial charge on any atom is 0.159 e. The van der Waals surface area contributed by atoms with Crippen LogP contribution >= 0.6 is 0 Å². The molecule has 2 N–H and O–H groups in total. The van der Waals surface area contributed by atoms with E-state index in [1.165, 1.54) is 25.0 Å². The lowest BCUT2D eigenvalue weighted by molar-refractivity contribution is 0.628. The zero-order chi connectivity index (χ0) is 14.2. The highest BCUT2D eigenvalue weighted by Crippen LogP contribution is 2.27. The third-order valence-corrected chi connectivity index (χ3v) is 3.39. The second kappa shape index (κ2) is 4.73. The molecule has 0 spiro atoms. The summed E-state index contributed by atoms with van der Waals surface area (Å²) in [6.07, 6.45) is 4.07. The fraction of sp³-hybridized carbons (Fsp3) is 0.200. The topological polar surface area (TPSA) is 54.2 Å². The summed E-state index contributed by atoms with van der Waals surface area (Å²) < 4.78 is 15.0. The summed E-state index contributed by atoms with van der Waals surface area (Å²) in [5.41, 5.74) is 1.42. The third-order valence-electron chi connectivity index (χ3n) is 3.39. The third kappa shape index (κ3) is 2.52. The molecule has 6 heteroatoms. The second-order valence-electron chi connectivity index (χ2n) is 5.18. The molecule has 1 aromatic carbocycles. The molecule has 1 aliphatic rings. The Labute approximate surface area is 120 Å². The normalized spacial score (nSPS) is 14.3.